The number of aromatic nitrogens is 1. The number of aryl methyl sites for hydroxylation is 1. The summed E-state index contributed by atoms with van der Waals surface area (Å²) in [7, 11) is 0. The lowest BCUT2D eigenvalue weighted by Crippen LogP contribution is -2.15. The summed E-state index contributed by atoms with van der Waals surface area (Å²) in [6.45, 7) is 3.87. The highest BCUT2D eigenvalue weighted by Gasteiger charge is 2.13. The van der Waals surface area contributed by atoms with Gasteiger partial charge in [-0.2, -0.15) is 0 Å². The SMILES string of the molecule is Cc1ccc(N)c(NC(=O)c2ccncc2Cl)c1C. The van der Waals surface area contributed by atoms with Gasteiger partial charge in [0.15, 0.2) is 0 Å². The second-order valence-electron chi connectivity index (χ2n) is 4.28. The summed E-state index contributed by atoms with van der Waals surface area (Å²) >= 11 is 5.94. The van der Waals surface area contributed by atoms with Gasteiger partial charge in [0.2, 0.25) is 0 Å². The van der Waals surface area contributed by atoms with Crippen LogP contribution in [0.25, 0.3) is 0 Å². The lowest BCUT2D eigenvalue weighted by atomic mass is 10.1. The third-order valence-electron chi connectivity index (χ3n) is 3.02. The molecule has 0 aliphatic rings. The Kier molecular flexibility index (Phi) is 3.71. The topological polar surface area (TPSA) is 68.0 Å². The molecule has 4 nitrogen and oxygen atoms in total. The highest BCUT2D eigenvalue weighted by molar-refractivity contribution is 6.34. The van der Waals surface area contributed by atoms with Crippen LogP contribution in [0.1, 0.15) is 21.5 Å². The van der Waals surface area contributed by atoms with Crippen LogP contribution in [0.2, 0.25) is 5.02 Å². The normalized spacial score (nSPS) is 10.3. The standard InChI is InChI=1S/C14H14ClN3O/c1-8-3-4-12(16)13(9(8)2)18-14(19)10-5-6-17-7-11(10)15/h3-7H,16H2,1-2H3,(H,18,19). The largest absolute Gasteiger partial charge is 0.397 e. The highest BCUT2D eigenvalue weighted by Crippen LogP contribution is 2.27. The van der Waals surface area contributed by atoms with Crippen molar-refractivity contribution in [3.63, 3.8) is 0 Å². The molecule has 2 rings (SSSR count). The van der Waals surface area contributed by atoms with Crippen LogP contribution in [0.5, 0.6) is 0 Å². The lowest BCUT2D eigenvalue weighted by molar-refractivity contribution is 0.102. The van der Waals surface area contributed by atoms with E-state index in [9.17, 15) is 4.79 Å². The van der Waals surface area contributed by atoms with Gasteiger partial charge in [-0.3, -0.25) is 9.78 Å². The predicted molar refractivity (Wildman–Crippen MR) is 77.5 cm³/mol. The average Bonchev–Trinajstić information content (AvgIpc) is 2.39. The number of halogens is 1. The van der Waals surface area contributed by atoms with Crippen molar-refractivity contribution < 1.29 is 4.79 Å². The molecule has 1 heterocycles. The molecule has 0 fully saturated rings. The molecular weight excluding hydrogens is 262 g/mol. The highest BCUT2D eigenvalue weighted by atomic mass is 35.5. The first-order valence-corrected chi connectivity index (χ1v) is 6.15. The van der Waals surface area contributed by atoms with Crippen LogP contribution >= 0.6 is 11.6 Å². The molecule has 0 aliphatic carbocycles. The molecule has 1 aromatic carbocycles. The smallest absolute Gasteiger partial charge is 0.257 e. The minimum atomic E-state index is -0.298. The molecule has 0 radical (unpaired) electrons. The summed E-state index contributed by atoms with van der Waals surface area (Å²) in [5, 5.41) is 3.11. The van der Waals surface area contributed by atoms with Crippen molar-refractivity contribution in [3.05, 3.63) is 52.3 Å². The summed E-state index contributed by atoms with van der Waals surface area (Å²) in [5.74, 6) is -0.298. The number of hydrogen-bond donors (Lipinski definition) is 2. The molecule has 98 valence electrons. The summed E-state index contributed by atoms with van der Waals surface area (Å²) < 4.78 is 0. The quantitative estimate of drug-likeness (QED) is 0.827. The molecular formula is C14H14ClN3O. The first-order valence-electron chi connectivity index (χ1n) is 5.77. The zero-order chi connectivity index (χ0) is 14.0. The van der Waals surface area contributed by atoms with Crippen LogP contribution in [-0.2, 0) is 0 Å². The lowest BCUT2D eigenvalue weighted by Gasteiger charge is -2.13. The maximum absolute atomic E-state index is 12.2. The number of nitrogens with one attached hydrogen (secondary N) is 1. The van der Waals surface area contributed by atoms with E-state index in [1.165, 1.54) is 12.4 Å². The van der Waals surface area contributed by atoms with Gasteiger partial charge in [-0.05, 0) is 37.1 Å². The number of rotatable bonds is 2. The van der Waals surface area contributed by atoms with Gasteiger partial charge in [-0.25, -0.2) is 0 Å². The molecule has 2 aromatic rings. The van der Waals surface area contributed by atoms with Crippen LogP contribution in [-0.4, -0.2) is 10.9 Å². The molecule has 5 heteroatoms. The molecule has 0 unspecified atom stereocenters. The van der Waals surface area contributed by atoms with Gasteiger partial charge in [0.25, 0.3) is 5.91 Å². The van der Waals surface area contributed by atoms with E-state index in [2.05, 4.69) is 10.3 Å². The number of carbonyl (C=O) groups excluding carboxylic acids is 1. The Hall–Kier alpha value is -2.07. The fourth-order valence-corrected chi connectivity index (χ4v) is 1.95. The van der Waals surface area contributed by atoms with E-state index in [0.29, 0.717) is 22.0 Å². The molecule has 0 spiro atoms. The van der Waals surface area contributed by atoms with E-state index in [-0.39, 0.29) is 5.91 Å². The van der Waals surface area contributed by atoms with Crippen LogP contribution < -0.4 is 11.1 Å². The van der Waals surface area contributed by atoms with Gasteiger partial charge in [-0.1, -0.05) is 17.7 Å². The fourth-order valence-electron chi connectivity index (χ4n) is 1.74. The van der Waals surface area contributed by atoms with E-state index in [1.807, 2.05) is 19.9 Å². The molecule has 1 aromatic heterocycles. The minimum absolute atomic E-state index is 0.298. The van der Waals surface area contributed by atoms with Crippen molar-refractivity contribution in [3.8, 4) is 0 Å². The maximum Gasteiger partial charge on any atom is 0.257 e. The van der Waals surface area contributed by atoms with E-state index in [1.54, 1.807) is 12.1 Å². The second-order valence-corrected chi connectivity index (χ2v) is 4.69. The van der Waals surface area contributed by atoms with E-state index >= 15 is 0 Å². The molecule has 0 atom stereocenters. The van der Waals surface area contributed by atoms with E-state index in [0.717, 1.165) is 11.1 Å². The second kappa shape index (κ2) is 5.28. The van der Waals surface area contributed by atoms with Crippen molar-refractivity contribution in [2.24, 2.45) is 0 Å². The Bertz CT molecular complexity index is 641. The van der Waals surface area contributed by atoms with E-state index in [4.69, 9.17) is 17.3 Å². The van der Waals surface area contributed by atoms with Crippen LogP contribution in [0, 0.1) is 13.8 Å². The number of nitrogen functional groups attached to an aromatic ring is 1. The van der Waals surface area contributed by atoms with Gasteiger partial charge in [0, 0.05) is 12.4 Å². The number of anilines is 2. The van der Waals surface area contributed by atoms with Crippen molar-refractivity contribution in [1.82, 2.24) is 4.98 Å². The molecule has 1 amide bonds. The molecule has 0 bridgehead atoms. The van der Waals surface area contributed by atoms with Gasteiger partial charge >= 0.3 is 0 Å². The molecule has 19 heavy (non-hydrogen) atoms. The van der Waals surface area contributed by atoms with Crippen molar-refractivity contribution >= 4 is 28.9 Å². The Morgan fingerprint density at radius 2 is 2.05 bits per heavy atom. The summed E-state index contributed by atoms with van der Waals surface area (Å²) in [4.78, 5) is 16.0. The minimum Gasteiger partial charge on any atom is -0.397 e. The van der Waals surface area contributed by atoms with Gasteiger partial charge < -0.3 is 11.1 Å². The zero-order valence-corrected chi connectivity index (χ0v) is 11.5. The molecule has 3 N–H and O–H groups in total. The predicted octanol–water partition coefficient (Wildman–Crippen LogP) is 3.19. The summed E-state index contributed by atoms with van der Waals surface area (Å²) in [6.07, 6.45) is 2.95. The first-order chi connectivity index (χ1) is 9.00. The Labute approximate surface area is 116 Å². The van der Waals surface area contributed by atoms with Crippen LogP contribution in [0.15, 0.2) is 30.6 Å². The molecule has 0 saturated carbocycles. The van der Waals surface area contributed by atoms with Gasteiger partial charge in [-0.15, -0.1) is 0 Å². The number of nitrogens with two attached hydrogens (primary N) is 1. The zero-order valence-electron chi connectivity index (χ0n) is 10.7. The average molecular weight is 276 g/mol. The number of benzene rings is 1. The summed E-state index contributed by atoms with van der Waals surface area (Å²) in [5.41, 5.74) is 9.42. The van der Waals surface area contributed by atoms with Gasteiger partial charge in [0.1, 0.15) is 0 Å². The third kappa shape index (κ3) is 2.69. The number of pyridine rings is 1. The van der Waals surface area contributed by atoms with Gasteiger partial charge in [0.05, 0.1) is 22.0 Å². The summed E-state index contributed by atoms with van der Waals surface area (Å²) in [6, 6.07) is 5.25. The monoisotopic (exact) mass is 275 g/mol. The number of amides is 1. The van der Waals surface area contributed by atoms with Crippen molar-refractivity contribution in [2.45, 2.75) is 13.8 Å². The third-order valence-corrected chi connectivity index (χ3v) is 3.32. The molecule has 0 aliphatic heterocycles. The van der Waals surface area contributed by atoms with Crippen molar-refractivity contribution in [1.29, 1.82) is 0 Å². The van der Waals surface area contributed by atoms with Crippen molar-refractivity contribution in [2.75, 3.05) is 11.1 Å². The Balaban J connectivity index is 2.35. The fraction of sp³-hybridized carbons (Fsp3) is 0.143. The van der Waals surface area contributed by atoms with Crippen LogP contribution in [0.4, 0.5) is 11.4 Å². The number of hydrogen-bond acceptors (Lipinski definition) is 3. The van der Waals surface area contributed by atoms with Crippen LogP contribution in [0.3, 0.4) is 0 Å². The molecule has 0 saturated heterocycles. The first kappa shape index (κ1) is 13.4. The Morgan fingerprint density at radius 3 is 2.74 bits per heavy atom. The van der Waals surface area contributed by atoms with E-state index < -0.39 is 0 Å². The number of carbonyl (C=O) groups is 1. The maximum atomic E-state index is 12.2. The Morgan fingerprint density at radius 1 is 1.32 bits per heavy atom. The number of nitrogens with zero attached hydrogens (tertiary/aromatic N) is 1.